The van der Waals surface area contributed by atoms with Gasteiger partial charge in [0.25, 0.3) is 0 Å². The Kier molecular flexibility index (Phi) is 3.17. The molecule has 2 aromatic carbocycles. The van der Waals surface area contributed by atoms with E-state index in [4.69, 9.17) is 6.11 Å². The van der Waals surface area contributed by atoms with Crippen LogP contribution in [0.4, 0.5) is 0 Å². The van der Waals surface area contributed by atoms with Crippen LogP contribution in [0.5, 0.6) is 5.75 Å². The number of ether oxygens (including phenoxy) is 1. The minimum atomic E-state index is 0.415. The molecular formula is C15H16O. The fraction of sp³-hybridized carbons (Fsp3) is 0.200. The van der Waals surface area contributed by atoms with Crippen LogP contribution in [-0.4, -0.2) is 6.61 Å². The summed E-state index contributed by atoms with van der Waals surface area (Å²) in [6, 6.07) is 18.3. The Morgan fingerprint density at radius 1 is 1.00 bits per heavy atom. The highest BCUT2D eigenvalue weighted by Gasteiger charge is 1.98. The summed E-state index contributed by atoms with van der Waals surface area (Å²) in [7, 11) is 0. The number of benzene rings is 2. The predicted octanol–water partition coefficient (Wildman–Crippen LogP) is 4.14. The Morgan fingerprint density at radius 2 is 1.81 bits per heavy atom. The van der Waals surface area contributed by atoms with E-state index >= 15 is 0 Å². The minimum Gasteiger partial charge on any atom is -0.494 e. The molecule has 0 heterocycles. The normalized spacial score (nSPS) is 10.9. The van der Waals surface area contributed by atoms with Crippen LogP contribution in [0.25, 0.3) is 11.1 Å². The maximum Gasteiger partial charge on any atom is 0.119 e. The first-order chi connectivity index (χ1) is 8.40. The van der Waals surface area contributed by atoms with Crippen LogP contribution in [0.15, 0.2) is 54.6 Å². The maximum absolute atomic E-state index is 7.07. The first-order valence-corrected chi connectivity index (χ1v) is 5.47. The molecule has 1 heteroatoms. The van der Waals surface area contributed by atoms with Crippen molar-refractivity contribution in [2.45, 2.75) is 13.3 Å². The van der Waals surface area contributed by atoms with E-state index in [1.807, 2.05) is 36.4 Å². The van der Waals surface area contributed by atoms with E-state index in [1.54, 1.807) is 0 Å². The largest absolute Gasteiger partial charge is 0.494 e. The summed E-state index contributed by atoms with van der Waals surface area (Å²) < 4.78 is 12.7. The van der Waals surface area contributed by atoms with Gasteiger partial charge in [0.15, 0.2) is 0 Å². The Hall–Kier alpha value is -1.76. The molecule has 2 rings (SSSR count). The van der Waals surface area contributed by atoms with Crippen LogP contribution in [0.3, 0.4) is 0 Å². The van der Waals surface area contributed by atoms with Crippen LogP contribution >= 0.6 is 0 Å². The van der Waals surface area contributed by atoms with Crippen LogP contribution < -0.4 is 4.74 Å². The molecular weight excluding hydrogens is 196 g/mol. The third-order valence-corrected chi connectivity index (χ3v) is 2.35. The van der Waals surface area contributed by atoms with Gasteiger partial charge in [-0.1, -0.05) is 49.4 Å². The molecule has 0 atom stereocenters. The molecule has 0 N–H and O–H groups in total. The van der Waals surface area contributed by atoms with Crippen molar-refractivity contribution in [2.75, 3.05) is 6.61 Å². The van der Waals surface area contributed by atoms with Gasteiger partial charge in [-0.15, -0.1) is 0 Å². The highest BCUT2D eigenvalue weighted by molar-refractivity contribution is 5.64. The molecule has 0 aliphatic carbocycles. The van der Waals surface area contributed by atoms with Crippen molar-refractivity contribution < 1.29 is 6.11 Å². The standard InChI is InChI=1S/C15H16O/c1-2-11-16-15-10-6-9-14(12-15)13-7-4-3-5-8-13/h3-10,12H,2,11H2,1H3/i1D. The summed E-state index contributed by atoms with van der Waals surface area (Å²) in [5.41, 5.74) is 2.35. The van der Waals surface area contributed by atoms with Crippen molar-refractivity contribution in [3.8, 4) is 16.9 Å². The molecule has 0 radical (unpaired) electrons. The van der Waals surface area contributed by atoms with Crippen LogP contribution in [0, 0.1) is 0 Å². The molecule has 1 nitrogen and oxygen atoms in total. The van der Waals surface area contributed by atoms with Gasteiger partial charge in [-0.2, -0.15) is 0 Å². The predicted molar refractivity (Wildman–Crippen MR) is 67.7 cm³/mol. The Bertz CT molecular complexity index is 453. The lowest BCUT2D eigenvalue weighted by molar-refractivity contribution is 0.317. The molecule has 0 unspecified atom stereocenters. The molecule has 0 aliphatic heterocycles. The molecule has 82 valence electrons. The molecule has 0 saturated heterocycles. The molecule has 0 bridgehead atoms. The highest BCUT2D eigenvalue weighted by atomic mass is 16.5. The topological polar surface area (TPSA) is 9.23 Å². The Labute approximate surface area is 98.1 Å². The van der Waals surface area contributed by atoms with Gasteiger partial charge in [-0.3, -0.25) is 0 Å². The van der Waals surface area contributed by atoms with Crippen molar-refractivity contribution in [2.24, 2.45) is 0 Å². The smallest absolute Gasteiger partial charge is 0.119 e. The average Bonchev–Trinajstić information content (AvgIpc) is 2.41. The summed E-state index contributed by atoms with van der Waals surface area (Å²) in [6.07, 6.45) is 0.773. The molecule has 0 spiro atoms. The second-order valence-electron chi connectivity index (χ2n) is 3.60. The van der Waals surface area contributed by atoms with Gasteiger partial charge in [0.05, 0.1) is 6.61 Å². The third kappa shape index (κ3) is 2.63. The summed E-state index contributed by atoms with van der Waals surface area (Å²) in [5.74, 6) is 0.875. The van der Waals surface area contributed by atoms with Gasteiger partial charge in [0.2, 0.25) is 0 Å². The van der Waals surface area contributed by atoms with Gasteiger partial charge in [0.1, 0.15) is 5.75 Å². The summed E-state index contributed by atoms with van der Waals surface area (Å²) in [5, 5.41) is 0. The zero-order valence-electron chi connectivity index (χ0n) is 10.2. The van der Waals surface area contributed by atoms with E-state index in [0.717, 1.165) is 17.7 Å². The zero-order chi connectivity index (χ0) is 11.9. The van der Waals surface area contributed by atoms with E-state index < -0.39 is 0 Å². The van der Waals surface area contributed by atoms with Crippen molar-refractivity contribution in [3.63, 3.8) is 0 Å². The third-order valence-electron chi connectivity index (χ3n) is 2.35. The second-order valence-corrected chi connectivity index (χ2v) is 3.60. The van der Waals surface area contributed by atoms with Crippen molar-refractivity contribution in [1.82, 2.24) is 0 Å². The van der Waals surface area contributed by atoms with Gasteiger partial charge in [-0.05, 0) is 29.7 Å². The Balaban J connectivity index is 2.12. The SMILES string of the molecule is [2H]CCCOc1cccc(-c2ccccc2)c1. The van der Waals surface area contributed by atoms with Crippen molar-refractivity contribution in [1.29, 1.82) is 0 Å². The maximum atomic E-state index is 7.07. The zero-order valence-corrected chi connectivity index (χ0v) is 9.23. The van der Waals surface area contributed by atoms with E-state index in [-0.39, 0.29) is 0 Å². The lowest BCUT2D eigenvalue weighted by Crippen LogP contribution is -1.94. The van der Waals surface area contributed by atoms with E-state index in [0.29, 0.717) is 13.5 Å². The lowest BCUT2D eigenvalue weighted by Gasteiger charge is -2.07. The number of rotatable bonds is 4. The quantitative estimate of drug-likeness (QED) is 0.693. The fourth-order valence-electron chi connectivity index (χ4n) is 1.59. The van der Waals surface area contributed by atoms with Gasteiger partial charge in [-0.25, -0.2) is 0 Å². The molecule has 16 heavy (non-hydrogen) atoms. The van der Waals surface area contributed by atoms with E-state index in [2.05, 4.69) is 18.2 Å². The first kappa shape index (κ1) is 9.46. The fourth-order valence-corrected chi connectivity index (χ4v) is 1.59. The lowest BCUT2D eigenvalue weighted by atomic mass is 10.1. The monoisotopic (exact) mass is 213 g/mol. The first-order valence-electron chi connectivity index (χ1n) is 6.18. The average molecular weight is 213 g/mol. The summed E-state index contributed by atoms with van der Waals surface area (Å²) in [4.78, 5) is 0. The minimum absolute atomic E-state index is 0.415. The van der Waals surface area contributed by atoms with Crippen LogP contribution in [0.2, 0.25) is 0 Å². The van der Waals surface area contributed by atoms with Crippen molar-refractivity contribution >= 4 is 0 Å². The van der Waals surface area contributed by atoms with Crippen LogP contribution in [0.1, 0.15) is 14.7 Å². The number of hydrogen-bond acceptors (Lipinski definition) is 1. The van der Waals surface area contributed by atoms with E-state index in [1.165, 1.54) is 5.56 Å². The molecule has 0 fully saturated rings. The van der Waals surface area contributed by atoms with Gasteiger partial charge in [0, 0.05) is 1.37 Å². The van der Waals surface area contributed by atoms with Crippen LogP contribution in [-0.2, 0) is 0 Å². The molecule has 0 aromatic heterocycles. The molecule has 2 aromatic rings. The van der Waals surface area contributed by atoms with Gasteiger partial charge < -0.3 is 4.74 Å². The summed E-state index contributed by atoms with van der Waals surface area (Å²) in [6.45, 7) is 1.03. The molecule has 0 amide bonds. The Morgan fingerprint density at radius 3 is 2.62 bits per heavy atom. The molecule has 0 saturated carbocycles. The highest BCUT2D eigenvalue weighted by Crippen LogP contribution is 2.23. The van der Waals surface area contributed by atoms with Crippen molar-refractivity contribution in [3.05, 3.63) is 54.6 Å². The summed E-state index contributed by atoms with van der Waals surface area (Å²) >= 11 is 0. The second kappa shape index (κ2) is 5.36. The van der Waals surface area contributed by atoms with E-state index in [9.17, 15) is 0 Å². The van der Waals surface area contributed by atoms with Gasteiger partial charge >= 0.3 is 0 Å². The molecule has 0 aliphatic rings. The number of hydrogen-bond donors (Lipinski definition) is 0.